The van der Waals surface area contributed by atoms with Gasteiger partial charge >= 0.3 is 0 Å². The van der Waals surface area contributed by atoms with Crippen LogP contribution in [0, 0.1) is 5.92 Å². The van der Waals surface area contributed by atoms with Crippen LogP contribution in [0.25, 0.3) is 0 Å². The lowest BCUT2D eigenvalue weighted by Gasteiger charge is -2.31. The predicted octanol–water partition coefficient (Wildman–Crippen LogP) is 1.65. The molecule has 0 saturated carbocycles. The summed E-state index contributed by atoms with van der Waals surface area (Å²) in [5, 5.41) is 0. The van der Waals surface area contributed by atoms with Gasteiger partial charge in [-0.05, 0) is 15.9 Å². The minimum absolute atomic E-state index is 0.0978. The highest BCUT2D eigenvalue weighted by atomic mass is 79.9. The zero-order valence-electron chi connectivity index (χ0n) is 8.48. The molecule has 5 heteroatoms. The van der Waals surface area contributed by atoms with E-state index in [4.69, 9.17) is 0 Å². The zero-order valence-corrected chi connectivity index (χ0v) is 10.1. The van der Waals surface area contributed by atoms with Gasteiger partial charge in [0.25, 0.3) is 0 Å². The van der Waals surface area contributed by atoms with Gasteiger partial charge in [0.1, 0.15) is 17.9 Å². The van der Waals surface area contributed by atoms with Gasteiger partial charge in [0, 0.05) is 31.6 Å². The lowest BCUT2D eigenvalue weighted by atomic mass is 9.99. The summed E-state index contributed by atoms with van der Waals surface area (Å²) in [7, 11) is 0. The van der Waals surface area contributed by atoms with Crippen molar-refractivity contribution in [2.24, 2.45) is 5.92 Å². The Hall–Kier alpha value is -0.970. The van der Waals surface area contributed by atoms with Gasteiger partial charge in [0.2, 0.25) is 0 Å². The summed E-state index contributed by atoms with van der Waals surface area (Å²) in [4.78, 5) is 21.6. The van der Waals surface area contributed by atoms with Crippen molar-refractivity contribution < 1.29 is 4.79 Å². The number of rotatable bonds is 1. The van der Waals surface area contributed by atoms with Gasteiger partial charge in [-0.1, -0.05) is 6.92 Å². The number of hydrogen-bond acceptors (Lipinski definition) is 4. The molecule has 0 radical (unpaired) electrons. The first-order valence-corrected chi connectivity index (χ1v) is 5.71. The summed E-state index contributed by atoms with van der Waals surface area (Å²) in [6, 6.07) is 0. The summed E-state index contributed by atoms with van der Waals surface area (Å²) in [5.74, 6) is 1.32. The lowest BCUT2D eigenvalue weighted by molar-refractivity contribution is -0.122. The molecule has 15 heavy (non-hydrogen) atoms. The number of carbonyl (C=O) groups excluding carboxylic acids is 1. The maximum absolute atomic E-state index is 11.4. The Bertz CT molecular complexity index is 383. The molecule has 4 nitrogen and oxygen atoms in total. The van der Waals surface area contributed by atoms with E-state index in [1.54, 1.807) is 6.20 Å². The molecule has 0 aromatic carbocycles. The maximum atomic E-state index is 11.4. The van der Waals surface area contributed by atoms with Crippen molar-refractivity contribution in [1.82, 2.24) is 9.97 Å². The van der Waals surface area contributed by atoms with Crippen LogP contribution in [0.5, 0.6) is 0 Å². The number of carbonyl (C=O) groups is 1. The Balaban J connectivity index is 2.19. The molecule has 80 valence electrons. The van der Waals surface area contributed by atoms with E-state index in [-0.39, 0.29) is 5.92 Å². The predicted molar refractivity (Wildman–Crippen MR) is 60.7 cm³/mol. The van der Waals surface area contributed by atoms with Gasteiger partial charge in [-0.3, -0.25) is 4.79 Å². The number of piperidine rings is 1. The third kappa shape index (κ3) is 2.17. The second kappa shape index (κ2) is 4.26. The average Bonchev–Trinajstić information content (AvgIpc) is 2.23. The van der Waals surface area contributed by atoms with Crippen molar-refractivity contribution in [3.63, 3.8) is 0 Å². The van der Waals surface area contributed by atoms with Gasteiger partial charge in [-0.25, -0.2) is 9.97 Å². The van der Waals surface area contributed by atoms with Gasteiger partial charge in [-0.15, -0.1) is 0 Å². The molecule has 1 aromatic heterocycles. The third-order valence-corrected chi connectivity index (χ3v) is 3.18. The molecule has 1 aromatic rings. The van der Waals surface area contributed by atoms with Gasteiger partial charge < -0.3 is 4.90 Å². The fraction of sp³-hybridized carbons (Fsp3) is 0.500. The lowest BCUT2D eigenvalue weighted by Crippen LogP contribution is -2.40. The highest BCUT2D eigenvalue weighted by Gasteiger charge is 2.25. The average molecular weight is 270 g/mol. The summed E-state index contributed by atoms with van der Waals surface area (Å²) in [5.41, 5.74) is 0. The SMILES string of the molecule is C[C@@H]1CN(c2ncncc2Br)CCC1=O. The van der Waals surface area contributed by atoms with E-state index in [0.717, 1.165) is 23.4 Å². The topological polar surface area (TPSA) is 46.1 Å². The third-order valence-electron chi connectivity index (χ3n) is 2.62. The van der Waals surface area contributed by atoms with E-state index in [0.29, 0.717) is 12.2 Å². The summed E-state index contributed by atoms with van der Waals surface area (Å²) in [6.07, 6.45) is 3.86. The van der Waals surface area contributed by atoms with Crippen LogP contribution < -0.4 is 4.90 Å². The molecule has 0 bridgehead atoms. The van der Waals surface area contributed by atoms with Crippen LogP contribution >= 0.6 is 15.9 Å². The highest BCUT2D eigenvalue weighted by Crippen LogP contribution is 2.25. The van der Waals surface area contributed by atoms with E-state index in [1.807, 2.05) is 6.92 Å². The molecule has 0 amide bonds. The first kappa shape index (κ1) is 10.5. The van der Waals surface area contributed by atoms with Gasteiger partial charge in [0.05, 0.1) is 4.47 Å². The standard InChI is InChI=1S/C10H12BrN3O/c1-7-5-14(3-2-9(7)15)10-8(11)4-12-6-13-10/h4,6-7H,2-3,5H2,1H3/t7-/m1/s1. The number of halogens is 1. The largest absolute Gasteiger partial charge is 0.354 e. The molecular formula is C10H12BrN3O. The van der Waals surface area contributed by atoms with Crippen LogP contribution in [0.15, 0.2) is 17.0 Å². The monoisotopic (exact) mass is 269 g/mol. The van der Waals surface area contributed by atoms with Gasteiger partial charge in [0.15, 0.2) is 0 Å². The van der Waals surface area contributed by atoms with E-state index in [9.17, 15) is 4.79 Å². The second-order valence-corrected chi connectivity index (χ2v) is 4.61. The highest BCUT2D eigenvalue weighted by molar-refractivity contribution is 9.10. The van der Waals surface area contributed by atoms with Crippen LogP contribution in [-0.4, -0.2) is 28.8 Å². The van der Waals surface area contributed by atoms with E-state index in [2.05, 4.69) is 30.8 Å². The molecule has 1 atom stereocenters. The molecule has 2 rings (SSSR count). The van der Waals surface area contributed by atoms with E-state index < -0.39 is 0 Å². The van der Waals surface area contributed by atoms with Crippen LogP contribution in [0.3, 0.4) is 0 Å². The minimum atomic E-state index is 0.0978. The molecule has 0 N–H and O–H groups in total. The fourth-order valence-corrected chi connectivity index (χ4v) is 2.22. The first-order chi connectivity index (χ1) is 7.18. The molecule has 1 aliphatic rings. The molecule has 2 heterocycles. The molecule has 1 saturated heterocycles. The molecule has 0 unspecified atom stereocenters. The number of Topliss-reactive ketones (excluding diaryl/α,β-unsaturated/α-hetero) is 1. The quantitative estimate of drug-likeness (QED) is 0.778. The fourth-order valence-electron chi connectivity index (χ4n) is 1.75. The van der Waals surface area contributed by atoms with E-state index in [1.165, 1.54) is 6.33 Å². The number of anilines is 1. The van der Waals surface area contributed by atoms with E-state index >= 15 is 0 Å². The summed E-state index contributed by atoms with van der Waals surface area (Å²) in [6.45, 7) is 3.46. The minimum Gasteiger partial charge on any atom is -0.354 e. The summed E-state index contributed by atoms with van der Waals surface area (Å²) >= 11 is 3.42. The van der Waals surface area contributed by atoms with Crippen molar-refractivity contribution in [1.29, 1.82) is 0 Å². The van der Waals surface area contributed by atoms with Crippen LogP contribution in [0.4, 0.5) is 5.82 Å². The molecule has 1 fully saturated rings. The number of ketones is 1. The maximum Gasteiger partial charge on any atom is 0.146 e. The van der Waals surface area contributed by atoms with Crippen molar-refractivity contribution in [3.05, 3.63) is 17.0 Å². The Morgan fingerprint density at radius 2 is 2.40 bits per heavy atom. The molecule has 0 aliphatic carbocycles. The van der Waals surface area contributed by atoms with Crippen molar-refractivity contribution >= 4 is 27.5 Å². The Morgan fingerprint density at radius 3 is 3.07 bits per heavy atom. The second-order valence-electron chi connectivity index (χ2n) is 3.76. The Morgan fingerprint density at radius 1 is 1.60 bits per heavy atom. The van der Waals surface area contributed by atoms with Crippen molar-refractivity contribution in [2.45, 2.75) is 13.3 Å². The van der Waals surface area contributed by atoms with Crippen molar-refractivity contribution in [2.75, 3.05) is 18.0 Å². The zero-order chi connectivity index (χ0) is 10.8. The number of hydrogen-bond donors (Lipinski definition) is 0. The number of aromatic nitrogens is 2. The number of nitrogens with zero attached hydrogens (tertiary/aromatic N) is 3. The van der Waals surface area contributed by atoms with Crippen LogP contribution in [-0.2, 0) is 4.79 Å². The molecule has 0 spiro atoms. The van der Waals surface area contributed by atoms with Crippen LogP contribution in [0.1, 0.15) is 13.3 Å². The smallest absolute Gasteiger partial charge is 0.146 e. The Kier molecular flexibility index (Phi) is 3.00. The normalized spacial score (nSPS) is 21.9. The van der Waals surface area contributed by atoms with Crippen LogP contribution in [0.2, 0.25) is 0 Å². The molecule has 1 aliphatic heterocycles. The van der Waals surface area contributed by atoms with Gasteiger partial charge in [-0.2, -0.15) is 0 Å². The summed E-state index contributed by atoms with van der Waals surface area (Å²) < 4.78 is 0.881. The first-order valence-electron chi connectivity index (χ1n) is 4.91. The Labute approximate surface area is 96.8 Å². The van der Waals surface area contributed by atoms with Crippen molar-refractivity contribution in [3.8, 4) is 0 Å². The molecular weight excluding hydrogens is 258 g/mol.